The number of nitrogens with two attached hydrogens (primary N) is 1. The molecule has 1 aliphatic heterocycles. The number of hydrogen-bond acceptors (Lipinski definition) is 10. The number of ether oxygens (including phenoxy) is 2. The lowest BCUT2D eigenvalue weighted by molar-refractivity contribution is 0.0184. The zero-order chi connectivity index (χ0) is 31.8. The average molecular weight is 601 g/mol. The van der Waals surface area contributed by atoms with E-state index < -0.39 is 11.6 Å². The first-order valence-electron chi connectivity index (χ1n) is 14.3. The van der Waals surface area contributed by atoms with Gasteiger partial charge in [-0.15, -0.1) is 0 Å². The van der Waals surface area contributed by atoms with Crippen LogP contribution in [0.15, 0.2) is 47.7 Å². The average Bonchev–Trinajstić information content (AvgIpc) is 3.48. The second-order valence-electron chi connectivity index (χ2n) is 11.8. The van der Waals surface area contributed by atoms with Gasteiger partial charge in [-0.25, -0.2) is 19.6 Å². The normalized spacial score (nSPS) is 14.0. The molecular formula is C31H36N8O5. The van der Waals surface area contributed by atoms with Crippen LogP contribution in [0.2, 0.25) is 0 Å². The number of aryl methyl sites for hydroxylation is 2. The second kappa shape index (κ2) is 11.9. The van der Waals surface area contributed by atoms with Crippen molar-refractivity contribution in [1.29, 1.82) is 0 Å². The van der Waals surface area contributed by atoms with E-state index in [1.54, 1.807) is 48.5 Å². The lowest BCUT2D eigenvalue weighted by Crippen LogP contribution is -2.42. The minimum absolute atomic E-state index is 0.112. The monoisotopic (exact) mass is 600 g/mol. The van der Waals surface area contributed by atoms with E-state index in [9.17, 15) is 14.4 Å². The molecule has 44 heavy (non-hydrogen) atoms. The first-order chi connectivity index (χ1) is 20.8. The maximum Gasteiger partial charge on any atom is 0.410 e. The highest BCUT2D eigenvalue weighted by molar-refractivity contribution is 5.90. The van der Waals surface area contributed by atoms with Gasteiger partial charge in [-0.3, -0.25) is 9.48 Å². The lowest BCUT2D eigenvalue weighted by atomic mass is 10.1. The first-order valence-corrected chi connectivity index (χ1v) is 14.3. The van der Waals surface area contributed by atoms with Crippen molar-refractivity contribution in [2.45, 2.75) is 59.1 Å². The number of esters is 1. The van der Waals surface area contributed by atoms with Crippen LogP contribution < -0.4 is 11.3 Å². The van der Waals surface area contributed by atoms with E-state index in [2.05, 4.69) is 15.2 Å². The van der Waals surface area contributed by atoms with Gasteiger partial charge >= 0.3 is 12.1 Å². The highest BCUT2D eigenvalue weighted by Crippen LogP contribution is 2.28. The number of carbonyl (C=O) groups excluding carboxylic acids is 2. The topological polar surface area (TPSA) is 160 Å². The fourth-order valence-corrected chi connectivity index (χ4v) is 5.01. The van der Waals surface area contributed by atoms with Crippen molar-refractivity contribution >= 4 is 17.9 Å². The summed E-state index contributed by atoms with van der Waals surface area (Å²) in [5.41, 5.74) is 9.17. The van der Waals surface area contributed by atoms with Crippen molar-refractivity contribution in [2.24, 2.45) is 0 Å². The van der Waals surface area contributed by atoms with Crippen LogP contribution in [0.1, 0.15) is 61.1 Å². The fraction of sp³-hybridized carbons (Fsp3) is 0.387. The third-order valence-corrected chi connectivity index (χ3v) is 7.38. The molecule has 2 N–H and O–H groups in total. The van der Waals surface area contributed by atoms with Crippen molar-refractivity contribution in [3.05, 3.63) is 69.9 Å². The number of hydrogen-bond donors (Lipinski definition) is 1. The zero-order valence-electron chi connectivity index (χ0n) is 25.7. The number of benzene rings is 1. The Bertz CT molecular complexity index is 1780. The summed E-state index contributed by atoms with van der Waals surface area (Å²) in [6, 6.07) is 6.65. The zero-order valence-corrected chi connectivity index (χ0v) is 25.7. The summed E-state index contributed by atoms with van der Waals surface area (Å²) in [6.45, 7) is 10.2. The predicted octanol–water partition coefficient (Wildman–Crippen LogP) is 4.11. The second-order valence-corrected chi connectivity index (χ2v) is 11.8. The predicted molar refractivity (Wildman–Crippen MR) is 163 cm³/mol. The van der Waals surface area contributed by atoms with Crippen molar-refractivity contribution in [3.8, 4) is 28.3 Å². The van der Waals surface area contributed by atoms with E-state index in [0.717, 1.165) is 24.0 Å². The number of methoxy groups -OCH3 is 1. The van der Waals surface area contributed by atoms with Crippen LogP contribution in [0.25, 0.3) is 28.3 Å². The Morgan fingerprint density at radius 3 is 2.43 bits per heavy atom. The van der Waals surface area contributed by atoms with Crippen LogP contribution in [-0.2, 0) is 9.47 Å². The minimum atomic E-state index is -0.538. The van der Waals surface area contributed by atoms with E-state index in [1.165, 1.54) is 11.8 Å². The van der Waals surface area contributed by atoms with Gasteiger partial charge in [-0.05, 0) is 71.2 Å². The Balaban J connectivity index is 1.42. The van der Waals surface area contributed by atoms with Crippen molar-refractivity contribution < 1.29 is 19.1 Å². The number of rotatable bonds is 5. The molecule has 0 spiro atoms. The molecule has 0 atom stereocenters. The summed E-state index contributed by atoms with van der Waals surface area (Å²) >= 11 is 0. The molecule has 0 aliphatic carbocycles. The smallest absolute Gasteiger partial charge is 0.410 e. The third-order valence-electron chi connectivity index (χ3n) is 7.38. The molecule has 1 saturated heterocycles. The highest BCUT2D eigenvalue weighted by Gasteiger charge is 2.28. The molecule has 0 bridgehead atoms. The van der Waals surface area contributed by atoms with Crippen LogP contribution in [-0.4, -0.2) is 72.3 Å². The van der Waals surface area contributed by atoms with Crippen molar-refractivity contribution in [1.82, 2.24) is 34.4 Å². The van der Waals surface area contributed by atoms with E-state index in [-0.39, 0.29) is 23.5 Å². The van der Waals surface area contributed by atoms with E-state index in [4.69, 9.17) is 20.2 Å². The number of aromatic nitrogens is 6. The Morgan fingerprint density at radius 1 is 1.02 bits per heavy atom. The quantitative estimate of drug-likeness (QED) is 0.330. The molecule has 4 aromatic rings. The Kier molecular flexibility index (Phi) is 8.22. The Hall–Kier alpha value is -5.07. The van der Waals surface area contributed by atoms with Crippen LogP contribution in [0.3, 0.4) is 0 Å². The molecule has 5 rings (SSSR count). The maximum atomic E-state index is 13.2. The van der Waals surface area contributed by atoms with Gasteiger partial charge in [-0.2, -0.15) is 14.9 Å². The van der Waals surface area contributed by atoms with E-state index in [1.807, 2.05) is 38.6 Å². The summed E-state index contributed by atoms with van der Waals surface area (Å²) < 4.78 is 13.5. The first kappa shape index (κ1) is 30.4. The van der Waals surface area contributed by atoms with Crippen LogP contribution >= 0.6 is 0 Å². The summed E-state index contributed by atoms with van der Waals surface area (Å²) in [5.74, 6) is -0.378. The molecule has 13 nitrogen and oxygen atoms in total. The Morgan fingerprint density at radius 2 is 1.75 bits per heavy atom. The van der Waals surface area contributed by atoms with Gasteiger partial charge < -0.3 is 20.1 Å². The minimum Gasteiger partial charge on any atom is -0.465 e. The number of anilines is 1. The highest BCUT2D eigenvalue weighted by atomic mass is 16.6. The van der Waals surface area contributed by atoms with Crippen molar-refractivity contribution in [3.63, 3.8) is 0 Å². The number of piperidine rings is 1. The molecule has 0 unspecified atom stereocenters. The number of nitrogen functional groups attached to an aromatic ring is 1. The van der Waals surface area contributed by atoms with Gasteiger partial charge in [0.05, 0.1) is 42.5 Å². The number of nitrogens with zero attached hydrogens (tertiary/aromatic N) is 7. The fourth-order valence-electron chi connectivity index (χ4n) is 5.01. The van der Waals surface area contributed by atoms with Gasteiger partial charge in [0.2, 0.25) is 0 Å². The van der Waals surface area contributed by atoms with Gasteiger partial charge in [0, 0.05) is 30.4 Å². The van der Waals surface area contributed by atoms with Crippen LogP contribution in [0.4, 0.5) is 10.6 Å². The molecule has 1 amide bonds. The summed E-state index contributed by atoms with van der Waals surface area (Å²) in [7, 11) is 1.30. The molecule has 4 heterocycles. The molecule has 1 fully saturated rings. The van der Waals surface area contributed by atoms with Gasteiger partial charge in [0.15, 0.2) is 5.82 Å². The molecular weight excluding hydrogens is 564 g/mol. The standard InChI is InChI=1S/C31H36N8O5/c1-18-7-8-20(29(41)43-6)14-25(18)39-28(40)19(2)13-23(36-39)26-27(32)33-16-24(35-26)21-15-34-38(17-21)22-9-11-37(12-10-22)30(42)44-31(3,4)5/h7-8,13-17,22H,9-12H2,1-6H3,(H2,32,33). The maximum absolute atomic E-state index is 13.2. The third kappa shape index (κ3) is 6.31. The van der Waals surface area contributed by atoms with Crippen LogP contribution in [0.5, 0.6) is 0 Å². The summed E-state index contributed by atoms with van der Waals surface area (Å²) in [6.07, 6.45) is 6.35. The van der Waals surface area contributed by atoms with Gasteiger partial charge in [-0.1, -0.05) is 6.07 Å². The van der Waals surface area contributed by atoms with E-state index >= 15 is 0 Å². The van der Waals surface area contributed by atoms with Crippen LogP contribution in [0, 0.1) is 13.8 Å². The SMILES string of the molecule is COC(=O)c1ccc(C)c(-n2nc(-c3nc(-c4cnn(C5CCN(C(=O)OC(C)(C)C)CC5)c4)cnc3N)cc(C)c2=O)c1. The Labute approximate surface area is 254 Å². The van der Waals surface area contributed by atoms with Gasteiger partial charge in [0.1, 0.15) is 17.0 Å². The van der Waals surface area contributed by atoms with E-state index in [0.29, 0.717) is 47.0 Å². The molecule has 0 saturated carbocycles. The number of amides is 1. The lowest BCUT2D eigenvalue weighted by Gasteiger charge is -2.33. The molecule has 0 radical (unpaired) electrons. The largest absolute Gasteiger partial charge is 0.465 e. The number of carbonyl (C=O) groups is 2. The summed E-state index contributed by atoms with van der Waals surface area (Å²) in [4.78, 5) is 48.6. The molecule has 230 valence electrons. The van der Waals surface area contributed by atoms with Gasteiger partial charge in [0.25, 0.3) is 5.56 Å². The molecule has 1 aliphatic rings. The molecule has 13 heteroatoms. The molecule has 3 aromatic heterocycles. The van der Waals surface area contributed by atoms with Crippen molar-refractivity contribution in [2.75, 3.05) is 25.9 Å². The molecule has 1 aromatic carbocycles. The summed E-state index contributed by atoms with van der Waals surface area (Å²) in [5, 5.41) is 9.16. The number of likely N-dealkylation sites (tertiary alicyclic amines) is 1.